The van der Waals surface area contributed by atoms with E-state index in [1.54, 1.807) is 0 Å². The Labute approximate surface area is 108 Å². The average molecular weight is 239 g/mol. The first-order chi connectivity index (χ1) is 8.61. The first kappa shape index (κ1) is 12.4. The minimum absolute atomic E-state index is 0.0737. The maximum Gasteiger partial charge on any atom is 0.193 e. The van der Waals surface area contributed by atoms with E-state index >= 15 is 0 Å². The molecule has 1 N–H and O–H groups in total. The van der Waals surface area contributed by atoms with Crippen molar-refractivity contribution < 1.29 is 4.79 Å². The van der Waals surface area contributed by atoms with Crippen LogP contribution in [0.5, 0.6) is 0 Å². The standard InChI is InChI=1S/C16H17NO/c1-11-7-8-15(12(2)9-11)16(18)13-5-4-6-14(10-13)17-3/h4-10,17H,1-3H3. The van der Waals surface area contributed by atoms with Crippen molar-refractivity contribution in [2.45, 2.75) is 13.8 Å². The predicted molar refractivity (Wildman–Crippen MR) is 75.3 cm³/mol. The van der Waals surface area contributed by atoms with E-state index < -0.39 is 0 Å². The van der Waals surface area contributed by atoms with Crippen molar-refractivity contribution in [1.82, 2.24) is 0 Å². The summed E-state index contributed by atoms with van der Waals surface area (Å²) in [4.78, 5) is 12.4. The van der Waals surface area contributed by atoms with Crippen LogP contribution in [0, 0.1) is 13.8 Å². The van der Waals surface area contributed by atoms with Gasteiger partial charge in [0.1, 0.15) is 0 Å². The molecule has 2 rings (SSSR count). The number of ketones is 1. The smallest absolute Gasteiger partial charge is 0.193 e. The normalized spacial score (nSPS) is 10.2. The van der Waals surface area contributed by atoms with E-state index in [-0.39, 0.29) is 5.78 Å². The van der Waals surface area contributed by atoms with E-state index in [4.69, 9.17) is 0 Å². The van der Waals surface area contributed by atoms with Crippen LogP contribution in [0.3, 0.4) is 0 Å². The molecule has 0 spiro atoms. The van der Waals surface area contributed by atoms with Crippen molar-refractivity contribution in [3.05, 3.63) is 64.7 Å². The summed E-state index contributed by atoms with van der Waals surface area (Å²) in [6.45, 7) is 4.00. The number of benzene rings is 2. The first-order valence-electron chi connectivity index (χ1n) is 6.01. The van der Waals surface area contributed by atoms with Gasteiger partial charge in [-0.2, -0.15) is 0 Å². The topological polar surface area (TPSA) is 29.1 Å². The molecule has 0 aliphatic carbocycles. The molecule has 0 saturated heterocycles. The zero-order valence-electron chi connectivity index (χ0n) is 10.9. The number of hydrogen-bond acceptors (Lipinski definition) is 2. The summed E-state index contributed by atoms with van der Waals surface area (Å²) in [6.07, 6.45) is 0. The van der Waals surface area contributed by atoms with Gasteiger partial charge in [0.2, 0.25) is 0 Å². The second-order valence-electron chi connectivity index (χ2n) is 4.48. The monoisotopic (exact) mass is 239 g/mol. The van der Waals surface area contributed by atoms with Gasteiger partial charge in [-0.15, -0.1) is 0 Å². The van der Waals surface area contributed by atoms with Gasteiger partial charge in [0.15, 0.2) is 5.78 Å². The van der Waals surface area contributed by atoms with Crippen molar-refractivity contribution >= 4 is 11.5 Å². The molecular weight excluding hydrogens is 222 g/mol. The molecule has 0 amide bonds. The predicted octanol–water partition coefficient (Wildman–Crippen LogP) is 3.58. The lowest BCUT2D eigenvalue weighted by atomic mass is 9.97. The zero-order chi connectivity index (χ0) is 13.1. The fourth-order valence-corrected chi connectivity index (χ4v) is 2.04. The Hall–Kier alpha value is -2.09. The molecule has 18 heavy (non-hydrogen) atoms. The molecule has 0 aromatic heterocycles. The summed E-state index contributed by atoms with van der Waals surface area (Å²) in [5, 5.41) is 3.05. The lowest BCUT2D eigenvalue weighted by Crippen LogP contribution is -2.04. The Balaban J connectivity index is 2.41. The Morgan fingerprint density at radius 3 is 2.50 bits per heavy atom. The summed E-state index contributed by atoms with van der Waals surface area (Å²) in [5.74, 6) is 0.0737. The highest BCUT2D eigenvalue weighted by Crippen LogP contribution is 2.18. The second-order valence-corrected chi connectivity index (χ2v) is 4.48. The molecule has 0 unspecified atom stereocenters. The third-order valence-electron chi connectivity index (χ3n) is 3.04. The summed E-state index contributed by atoms with van der Waals surface area (Å²) in [5.41, 5.74) is 4.64. The van der Waals surface area contributed by atoms with Crippen molar-refractivity contribution in [2.75, 3.05) is 12.4 Å². The molecule has 0 aliphatic rings. The summed E-state index contributed by atoms with van der Waals surface area (Å²) in [7, 11) is 1.85. The maximum atomic E-state index is 12.4. The first-order valence-corrected chi connectivity index (χ1v) is 6.01. The molecular formula is C16H17NO. The summed E-state index contributed by atoms with van der Waals surface area (Å²) < 4.78 is 0. The van der Waals surface area contributed by atoms with Gasteiger partial charge in [0, 0.05) is 23.9 Å². The molecule has 0 bridgehead atoms. The molecule has 0 fully saturated rings. The lowest BCUT2D eigenvalue weighted by molar-refractivity contribution is 0.103. The Bertz CT molecular complexity index is 587. The van der Waals surface area contributed by atoms with Crippen LogP contribution in [0.15, 0.2) is 42.5 Å². The third-order valence-corrected chi connectivity index (χ3v) is 3.04. The van der Waals surface area contributed by atoms with Crippen LogP contribution in [0.2, 0.25) is 0 Å². The minimum atomic E-state index is 0.0737. The van der Waals surface area contributed by atoms with Gasteiger partial charge in [-0.3, -0.25) is 4.79 Å². The van der Waals surface area contributed by atoms with E-state index in [2.05, 4.69) is 5.32 Å². The SMILES string of the molecule is CNc1cccc(C(=O)c2ccc(C)cc2C)c1. The maximum absolute atomic E-state index is 12.4. The zero-order valence-corrected chi connectivity index (χ0v) is 10.9. The van der Waals surface area contributed by atoms with E-state index in [1.165, 1.54) is 5.56 Å². The van der Waals surface area contributed by atoms with Gasteiger partial charge in [-0.1, -0.05) is 35.9 Å². The number of aryl methyl sites for hydroxylation is 2. The van der Waals surface area contributed by atoms with Crippen LogP contribution in [0.25, 0.3) is 0 Å². The molecule has 2 nitrogen and oxygen atoms in total. The highest BCUT2D eigenvalue weighted by Gasteiger charge is 2.11. The molecule has 0 saturated carbocycles. The van der Waals surface area contributed by atoms with Crippen LogP contribution >= 0.6 is 0 Å². The summed E-state index contributed by atoms with van der Waals surface area (Å²) in [6, 6.07) is 13.5. The van der Waals surface area contributed by atoms with E-state index in [1.807, 2.05) is 63.4 Å². The number of nitrogens with one attached hydrogen (secondary N) is 1. The molecule has 2 aromatic carbocycles. The van der Waals surface area contributed by atoms with Crippen LogP contribution in [0.1, 0.15) is 27.0 Å². The van der Waals surface area contributed by atoms with Crippen LogP contribution in [-0.2, 0) is 0 Å². The van der Waals surface area contributed by atoms with E-state index in [9.17, 15) is 4.79 Å². The molecule has 0 atom stereocenters. The van der Waals surface area contributed by atoms with Crippen molar-refractivity contribution in [2.24, 2.45) is 0 Å². The van der Waals surface area contributed by atoms with Gasteiger partial charge < -0.3 is 5.32 Å². The van der Waals surface area contributed by atoms with Crippen LogP contribution < -0.4 is 5.32 Å². The minimum Gasteiger partial charge on any atom is -0.388 e. The quantitative estimate of drug-likeness (QED) is 0.829. The number of carbonyl (C=O) groups excluding carboxylic acids is 1. The van der Waals surface area contributed by atoms with Gasteiger partial charge in [0.05, 0.1) is 0 Å². The van der Waals surface area contributed by atoms with Crippen molar-refractivity contribution in [1.29, 1.82) is 0 Å². The fraction of sp³-hybridized carbons (Fsp3) is 0.188. The molecule has 2 heteroatoms. The molecule has 0 radical (unpaired) electrons. The fourth-order valence-electron chi connectivity index (χ4n) is 2.04. The van der Waals surface area contributed by atoms with E-state index in [0.717, 1.165) is 16.8 Å². The largest absolute Gasteiger partial charge is 0.388 e. The number of hydrogen-bond donors (Lipinski definition) is 1. The van der Waals surface area contributed by atoms with Crippen LogP contribution in [-0.4, -0.2) is 12.8 Å². The molecule has 0 heterocycles. The van der Waals surface area contributed by atoms with Gasteiger partial charge in [0.25, 0.3) is 0 Å². The van der Waals surface area contributed by atoms with Gasteiger partial charge in [-0.25, -0.2) is 0 Å². The van der Waals surface area contributed by atoms with Gasteiger partial charge >= 0.3 is 0 Å². The highest BCUT2D eigenvalue weighted by atomic mass is 16.1. The van der Waals surface area contributed by atoms with Crippen molar-refractivity contribution in [3.63, 3.8) is 0 Å². The third kappa shape index (κ3) is 2.43. The number of carbonyl (C=O) groups is 1. The Morgan fingerprint density at radius 1 is 1.06 bits per heavy atom. The van der Waals surface area contributed by atoms with Gasteiger partial charge in [-0.05, 0) is 31.5 Å². The van der Waals surface area contributed by atoms with Crippen LogP contribution in [0.4, 0.5) is 5.69 Å². The molecule has 2 aromatic rings. The van der Waals surface area contributed by atoms with Crippen molar-refractivity contribution in [3.8, 4) is 0 Å². The Morgan fingerprint density at radius 2 is 1.83 bits per heavy atom. The van der Waals surface area contributed by atoms with E-state index in [0.29, 0.717) is 5.56 Å². The highest BCUT2D eigenvalue weighted by molar-refractivity contribution is 6.10. The molecule has 0 aliphatic heterocycles. The number of anilines is 1. The Kier molecular flexibility index (Phi) is 3.47. The number of rotatable bonds is 3. The average Bonchev–Trinajstić information content (AvgIpc) is 2.38. The molecule has 92 valence electrons. The summed E-state index contributed by atoms with van der Waals surface area (Å²) >= 11 is 0. The second kappa shape index (κ2) is 5.05. The lowest BCUT2D eigenvalue weighted by Gasteiger charge is -2.07.